The number of nitrogen functional groups attached to an aromatic ring is 1. The molecular weight excluding hydrogens is 641 g/mol. The van der Waals surface area contributed by atoms with Crippen molar-refractivity contribution < 1.29 is 52.0 Å². The van der Waals surface area contributed by atoms with Crippen molar-refractivity contribution in [1.82, 2.24) is 24.8 Å². The third-order valence-corrected chi connectivity index (χ3v) is 8.90. The van der Waals surface area contributed by atoms with E-state index in [2.05, 4.69) is 20.3 Å². The number of carbonyl (C=O) groups excluding carboxylic acids is 4. The first kappa shape index (κ1) is 37.3. The van der Waals surface area contributed by atoms with Crippen molar-refractivity contribution >= 4 is 42.9 Å². The van der Waals surface area contributed by atoms with Gasteiger partial charge in [0, 0.05) is 12.8 Å². The quantitative estimate of drug-likeness (QED) is 0.129. The monoisotopic (exact) mass is 681 g/mol. The van der Waals surface area contributed by atoms with Gasteiger partial charge < -0.3 is 33.9 Å². The molecule has 4 N–H and O–H groups in total. The third-order valence-electron chi connectivity index (χ3n) is 6.96. The van der Waals surface area contributed by atoms with Crippen LogP contribution in [0.5, 0.6) is 0 Å². The maximum Gasteiger partial charge on any atom is 0.342 e. The van der Waals surface area contributed by atoms with E-state index in [1.807, 2.05) is 6.07 Å². The van der Waals surface area contributed by atoms with Gasteiger partial charge in [0.15, 0.2) is 18.0 Å². The molecule has 1 fully saturated rings. The normalized spacial score (nSPS) is 22.2. The lowest BCUT2D eigenvalue weighted by Crippen LogP contribution is -2.50. The van der Waals surface area contributed by atoms with Crippen molar-refractivity contribution in [1.29, 1.82) is 5.26 Å². The molecule has 258 valence electrons. The van der Waals surface area contributed by atoms with Gasteiger partial charge in [-0.15, -0.1) is 0 Å². The molecule has 0 radical (unpaired) electrons. The van der Waals surface area contributed by atoms with Gasteiger partial charge in [0.25, 0.3) is 0 Å². The number of aromatic nitrogens is 3. The van der Waals surface area contributed by atoms with Gasteiger partial charge >= 0.3 is 31.5 Å². The fraction of sp³-hybridized carbons (Fsp3) is 0.607. The number of esters is 4. The van der Waals surface area contributed by atoms with Crippen LogP contribution in [0.25, 0.3) is 5.52 Å². The minimum Gasteiger partial charge on any atom is -0.465 e. The van der Waals surface area contributed by atoms with Crippen LogP contribution in [-0.4, -0.2) is 88.2 Å². The zero-order valence-corrected chi connectivity index (χ0v) is 27.9. The fourth-order valence-electron chi connectivity index (χ4n) is 4.63. The molecule has 0 bridgehead atoms. The minimum absolute atomic E-state index is 0.0305. The Morgan fingerprint density at radius 2 is 1.62 bits per heavy atom. The lowest BCUT2D eigenvalue weighted by Gasteiger charge is -2.31. The number of rotatable bonds is 16. The SMILES string of the molecule is CCOC(=O)[C@H](C)NP(=O)(N[C@@H](C)C(=O)OCC)OC[C@@]1(C#N)O[C@@H](c2ccc3c(N)ncnn23)[C@H](OC(=O)CC)[C@@H]1OC(=O)CC. The molecular formula is C28H40N7O11P. The summed E-state index contributed by atoms with van der Waals surface area (Å²) >= 11 is 0. The van der Waals surface area contributed by atoms with Crippen molar-refractivity contribution in [3.05, 3.63) is 24.2 Å². The second kappa shape index (κ2) is 16.1. The van der Waals surface area contributed by atoms with Gasteiger partial charge in [0.2, 0.25) is 5.60 Å². The molecule has 18 nitrogen and oxygen atoms in total. The van der Waals surface area contributed by atoms with E-state index in [1.165, 1.54) is 31.6 Å². The van der Waals surface area contributed by atoms with Crippen LogP contribution < -0.4 is 15.9 Å². The average Bonchev–Trinajstić information content (AvgIpc) is 3.60. The Kier molecular flexibility index (Phi) is 12.8. The first-order valence-electron chi connectivity index (χ1n) is 15.0. The molecule has 0 spiro atoms. The summed E-state index contributed by atoms with van der Waals surface area (Å²) in [6.45, 7) is 8.11. The Morgan fingerprint density at radius 1 is 1.04 bits per heavy atom. The van der Waals surface area contributed by atoms with Gasteiger partial charge in [-0.25, -0.2) is 19.7 Å². The molecule has 3 rings (SSSR count). The molecule has 2 aromatic heterocycles. The summed E-state index contributed by atoms with van der Waals surface area (Å²) in [5.74, 6) is -2.91. The van der Waals surface area contributed by atoms with E-state index in [0.29, 0.717) is 5.52 Å². The van der Waals surface area contributed by atoms with E-state index in [0.717, 1.165) is 0 Å². The Bertz CT molecular complexity index is 1520. The maximum atomic E-state index is 14.2. The summed E-state index contributed by atoms with van der Waals surface area (Å²) in [6.07, 6.45) is -3.34. The summed E-state index contributed by atoms with van der Waals surface area (Å²) in [7, 11) is -4.46. The number of nitrogens with zero attached hydrogens (tertiary/aromatic N) is 4. The van der Waals surface area contributed by atoms with Crippen LogP contribution in [0, 0.1) is 11.3 Å². The molecule has 1 saturated heterocycles. The van der Waals surface area contributed by atoms with Gasteiger partial charge in [-0.1, -0.05) is 13.8 Å². The highest BCUT2D eigenvalue weighted by atomic mass is 31.2. The molecule has 0 amide bonds. The van der Waals surface area contributed by atoms with Crippen molar-refractivity contribution in [2.45, 2.75) is 90.4 Å². The van der Waals surface area contributed by atoms with Crippen molar-refractivity contribution in [2.75, 3.05) is 25.6 Å². The fourth-order valence-corrected chi connectivity index (χ4v) is 6.46. The van der Waals surface area contributed by atoms with E-state index in [1.54, 1.807) is 32.9 Å². The number of hydrogen-bond acceptors (Lipinski definition) is 15. The largest absolute Gasteiger partial charge is 0.465 e. The molecule has 0 unspecified atom stereocenters. The summed E-state index contributed by atoms with van der Waals surface area (Å²) in [5.41, 5.74) is 4.36. The van der Waals surface area contributed by atoms with Gasteiger partial charge in [-0.05, 0) is 39.8 Å². The van der Waals surface area contributed by atoms with Gasteiger partial charge in [0.05, 0.1) is 18.9 Å². The average molecular weight is 682 g/mol. The molecule has 1 aliphatic heterocycles. The van der Waals surface area contributed by atoms with Crippen LogP contribution in [0.1, 0.15) is 66.2 Å². The predicted molar refractivity (Wildman–Crippen MR) is 162 cm³/mol. The van der Waals surface area contributed by atoms with Gasteiger partial charge in [-0.3, -0.25) is 23.7 Å². The van der Waals surface area contributed by atoms with E-state index >= 15 is 0 Å². The van der Waals surface area contributed by atoms with Crippen molar-refractivity contribution in [3.63, 3.8) is 0 Å². The van der Waals surface area contributed by atoms with E-state index in [9.17, 15) is 29.0 Å². The van der Waals surface area contributed by atoms with Gasteiger partial charge in [-0.2, -0.15) is 10.4 Å². The zero-order chi connectivity index (χ0) is 34.9. The number of fused-ring (bicyclic) bond motifs is 1. The van der Waals surface area contributed by atoms with Crippen LogP contribution in [-0.2, 0) is 52.0 Å². The van der Waals surface area contributed by atoms with Gasteiger partial charge in [0.1, 0.15) is 42.7 Å². The number of carbonyl (C=O) groups is 4. The van der Waals surface area contributed by atoms with E-state index in [-0.39, 0.29) is 37.6 Å². The maximum absolute atomic E-state index is 14.2. The van der Waals surface area contributed by atoms with Crippen LogP contribution in [0.2, 0.25) is 0 Å². The topological polar surface area (TPSA) is 245 Å². The smallest absolute Gasteiger partial charge is 0.342 e. The number of nitriles is 1. The lowest BCUT2D eigenvalue weighted by molar-refractivity contribution is -0.169. The molecule has 47 heavy (non-hydrogen) atoms. The third kappa shape index (κ3) is 8.62. The first-order chi connectivity index (χ1) is 22.3. The Labute approximate surface area is 271 Å². The molecule has 6 atom stereocenters. The highest BCUT2D eigenvalue weighted by molar-refractivity contribution is 7.54. The Morgan fingerprint density at radius 3 is 2.15 bits per heavy atom. The van der Waals surface area contributed by atoms with Crippen molar-refractivity contribution in [3.8, 4) is 6.07 Å². The van der Waals surface area contributed by atoms with Crippen molar-refractivity contribution in [2.24, 2.45) is 0 Å². The molecule has 1 aliphatic rings. The van der Waals surface area contributed by atoms with E-state index in [4.69, 9.17) is 33.9 Å². The summed E-state index contributed by atoms with van der Waals surface area (Å²) < 4.78 is 49.0. The van der Waals surface area contributed by atoms with Crippen LogP contribution >= 0.6 is 7.67 Å². The number of hydrogen-bond donors (Lipinski definition) is 3. The number of ether oxygens (including phenoxy) is 5. The standard InChI is InChI=1S/C28H40N7O11P/c1-7-20(36)44-23-22(18-11-12-19-25(30)31-15-32-35(18)19)46-28(13-29,24(23)45-21(37)8-2)14-43-47(40,33-16(5)26(38)41-9-3)34-17(6)27(39)42-10-4/h11-12,15-17,22-24H,7-10,14H2,1-6H3,(H2,30,31,32)(H2,33,34,40)/t16-,17-,22-,23-,24-,28+/m0/s1. The molecule has 0 aliphatic carbocycles. The highest BCUT2D eigenvalue weighted by Gasteiger charge is 2.62. The zero-order valence-electron chi connectivity index (χ0n) is 27.0. The summed E-state index contributed by atoms with van der Waals surface area (Å²) in [4.78, 5) is 54.2. The molecule has 3 heterocycles. The number of nitrogens with one attached hydrogen (secondary N) is 2. The first-order valence-corrected chi connectivity index (χ1v) is 16.6. The molecule has 0 aromatic carbocycles. The van der Waals surface area contributed by atoms with E-state index < -0.39 is 74.2 Å². The van der Waals surface area contributed by atoms with Crippen LogP contribution in [0.3, 0.4) is 0 Å². The summed E-state index contributed by atoms with van der Waals surface area (Å²) in [5, 5.41) is 19.8. The Hall–Kier alpha value is -4.14. The van der Waals surface area contributed by atoms with Crippen LogP contribution in [0.15, 0.2) is 18.5 Å². The second-order valence-electron chi connectivity index (χ2n) is 10.3. The minimum atomic E-state index is -4.46. The number of anilines is 1. The molecule has 2 aromatic rings. The van der Waals surface area contributed by atoms with Crippen LogP contribution in [0.4, 0.5) is 5.82 Å². The summed E-state index contributed by atoms with van der Waals surface area (Å²) in [6, 6.07) is 2.65. The molecule has 19 heteroatoms. The predicted octanol–water partition coefficient (Wildman–Crippen LogP) is 1.50. The molecule has 0 saturated carbocycles. The Balaban J connectivity index is 2.10. The number of nitrogens with two attached hydrogens (primary N) is 1. The lowest BCUT2D eigenvalue weighted by atomic mass is 9.95. The highest BCUT2D eigenvalue weighted by Crippen LogP contribution is 2.47. The second-order valence-corrected chi connectivity index (χ2v) is 12.2.